The van der Waals surface area contributed by atoms with E-state index in [4.69, 9.17) is 15.7 Å². The van der Waals surface area contributed by atoms with Gasteiger partial charge in [-0.05, 0) is 35.8 Å². The summed E-state index contributed by atoms with van der Waals surface area (Å²) in [5, 5.41) is 11.9. The summed E-state index contributed by atoms with van der Waals surface area (Å²) in [5.41, 5.74) is 7.54. The van der Waals surface area contributed by atoms with E-state index in [0.717, 1.165) is 10.2 Å². The Morgan fingerprint density at radius 1 is 1.35 bits per heavy atom. The van der Waals surface area contributed by atoms with E-state index in [1.807, 2.05) is 6.92 Å². The van der Waals surface area contributed by atoms with Crippen molar-refractivity contribution in [1.82, 2.24) is 9.97 Å². The highest BCUT2D eigenvalue weighted by molar-refractivity contribution is 9.10. The number of amidine groups is 1. The Bertz CT molecular complexity index is 673. The van der Waals surface area contributed by atoms with Crippen molar-refractivity contribution in [3.05, 3.63) is 46.0 Å². The van der Waals surface area contributed by atoms with Gasteiger partial charge in [0.1, 0.15) is 11.5 Å². The molecule has 20 heavy (non-hydrogen) atoms. The van der Waals surface area contributed by atoms with Gasteiger partial charge in [-0.3, -0.25) is 9.97 Å². The number of oxime groups is 1. The molecule has 2 aromatic heterocycles. The third kappa shape index (κ3) is 3.05. The van der Waals surface area contributed by atoms with Crippen LogP contribution in [-0.4, -0.2) is 21.0 Å². The molecular weight excluding hydrogens is 324 g/mol. The van der Waals surface area contributed by atoms with Crippen molar-refractivity contribution in [2.24, 2.45) is 10.9 Å². The molecule has 0 radical (unpaired) electrons. The van der Waals surface area contributed by atoms with Gasteiger partial charge in [0.25, 0.3) is 0 Å². The molecule has 0 aliphatic carbocycles. The van der Waals surface area contributed by atoms with Crippen LogP contribution in [0, 0.1) is 13.8 Å². The van der Waals surface area contributed by atoms with E-state index in [1.54, 1.807) is 31.5 Å². The number of pyridine rings is 2. The molecule has 2 aromatic rings. The number of halogens is 1. The van der Waals surface area contributed by atoms with Gasteiger partial charge in [0.2, 0.25) is 0 Å². The molecule has 3 N–H and O–H groups in total. The topological polar surface area (TPSA) is 93.6 Å². The number of aromatic nitrogens is 2. The molecule has 7 heteroatoms. The number of aryl methyl sites for hydroxylation is 2. The summed E-state index contributed by atoms with van der Waals surface area (Å²) in [7, 11) is 0. The fraction of sp³-hybridized carbons (Fsp3) is 0.154. The predicted octanol–water partition coefficient (Wildman–Crippen LogP) is 2.74. The highest BCUT2D eigenvalue weighted by Crippen LogP contribution is 2.28. The molecule has 0 spiro atoms. The number of nitrogens with two attached hydrogens (primary N) is 1. The van der Waals surface area contributed by atoms with Gasteiger partial charge in [0.05, 0.1) is 17.5 Å². The summed E-state index contributed by atoms with van der Waals surface area (Å²) in [6, 6.07) is 3.50. The van der Waals surface area contributed by atoms with Gasteiger partial charge >= 0.3 is 0 Å². The Morgan fingerprint density at radius 2 is 2.10 bits per heavy atom. The second-order valence-electron chi connectivity index (χ2n) is 4.15. The first-order valence-corrected chi connectivity index (χ1v) is 6.55. The molecule has 0 aliphatic heterocycles. The first-order chi connectivity index (χ1) is 9.51. The van der Waals surface area contributed by atoms with Crippen molar-refractivity contribution in [2.45, 2.75) is 13.8 Å². The average Bonchev–Trinajstić information content (AvgIpc) is 2.37. The molecular formula is C13H13BrN4O2. The number of ether oxygens (including phenoxy) is 1. The molecule has 0 aromatic carbocycles. The Hall–Kier alpha value is -2.15. The van der Waals surface area contributed by atoms with Crippen molar-refractivity contribution in [3.8, 4) is 11.5 Å². The van der Waals surface area contributed by atoms with Crippen LogP contribution < -0.4 is 10.5 Å². The maximum atomic E-state index is 8.88. The van der Waals surface area contributed by atoms with E-state index in [2.05, 4.69) is 31.1 Å². The summed E-state index contributed by atoms with van der Waals surface area (Å²) in [6.45, 7) is 3.61. The summed E-state index contributed by atoms with van der Waals surface area (Å²) >= 11 is 3.32. The molecule has 0 amide bonds. The van der Waals surface area contributed by atoms with Crippen molar-refractivity contribution in [3.63, 3.8) is 0 Å². The quantitative estimate of drug-likeness (QED) is 0.389. The molecule has 0 bridgehead atoms. The Balaban J connectivity index is 2.50. The monoisotopic (exact) mass is 336 g/mol. The fourth-order valence-electron chi connectivity index (χ4n) is 1.81. The van der Waals surface area contributed by atoms with Crippen molar-refractivity contribution in [1.29, 1.82) is 0 Å². The van der Waals surface area contributed by atoms with Crippen LogP contribution in [0.15, 0.2) is 34.2 Å². The normalized spacial score (nSPS) is 11.4. The van der Waals surface area contributed by atoms with E-state index in [1.165, 1.54) is 0 Å². The number of hydrogen-bond donors (Lipinski definition) is 2. The van der Waals surface area contributed by atoms with Crippen LogP contribution in [0.3, 0.4) is 0 Å². The van der Waals surface area contributed by atoms with Crippen LogP contribution in [0.25, 0.3) is 0 Å². The zero-order chi connectivity index (χ0) is 14.7. The SMILES string of the molecule is Cc1cc(Oc2cncc(Br)c2)c(/C(N)=N/O)c(C)n1. The second kappa shape index (κ2) is 5.87. The van der Waals surface area contributed by atoms with Gasteiger partial charge < -0.3 is 15.7 Å². The minimum absolute atomic E-state index is 0.0482. The molecule has 6 nitrogen and oxygen atoms in total. The van der Waals surface area contributed by atoms with Crippen LogP contribution in [0.2, 0.25) is 0 Å². The highest BCUT2D eigenvalue weighted by atomic mass is 79.9. The van der Waals surface area contributed by atoms with Crippen LogP contribution in [0.1, 0.15) is 17.0 Å². The molecule has 104 valence electrons. The minimum atomic E-state index is -0.0482. The molecule has 0 unspecified atom stereocenters. The van der Waals surface area contributed by atoms with Crippen molar-refractivity contribution in [2.75, 3.05) is 0 Å². The molecule has 0 saturated carbocycles. The number of rotatable bonds is 3. The van der Waals surface area contributed by atoms with E-state index in [0.29, 0.717) is 22.8 Å². The average molecular weight is 337 g/mol. The van der Waals surface area contributed by atoms with Gasteiger partial charge in [-0.15, -0.1) is 0 Å². The number of hydrogen-bond acceptors (Lipinski definition) is 5. The van der Waals surface area contributed by atoms with Crippen LogP contribution in [0.5, 0.6) is 11.5 Å². The lowest BCUT2D eigenvalue weighted by Gasteiger charge is -2.13. The maximum absolute atomic E-state index is 8.88. The Kier molecular flexibility index (Phi) is 4.19. The minimum Gasteiger partial charge on any atom is -0.455 e. The van der Waals surface area contributed by atoms with E-state index in [-0.39, 0.29) is 5.84 Å². The predicted molar refractivity (Wildman–Crippen MR) is 78.2 cm³/mol. The van der Waals surface area contributed by atoms with Crippen molar-refractivity contribution >= 4 is 21.8 Å². The molecule has 0 fully saturated rings. The Labute approximate surface area is 124 Å². The van der Waals surface area contributed by atoms with Crippen LogP contribution >= 0.6 is 15.9 Å². The van der Waals surface area contributed by atoms with E-state index in [9.17, 15) is 0 Å². The van der Waals surface area contributed by atoms with Crippen LogP contribution in [-0.2, 0) is 0 Å². The third-order valence-corrected chi connectivity index (χ3v) is 3.00. The summed E-state index contributed by atoms with van der Waals surface area (Å²) in [4.78, 5) is 8.31. The molecule has 0 saturated heterocycles. The molecule has 2 rings (SSSR count). The number of nitrogens with zero attached hydrogens (tertiary/aromatic N) is 3. The van der Waals surface area contributed by atoms with Crippen LogP contribution in [0.4, 0.5) is 0 Å². The van der Waals surface area contributed by atoms with E-state index >= 15 is 0 Å². The fourth-order valence-corrected chi connectivity index (χ4v) is 2.15. The first-order valence-electron chi connectivity index (χ1n) is 5.76. The third-order valence-electron chi connectivity index (χ3n) is 2.56. The van der Waals surface area contributed by atoms with Gasteiger partial charge in [0.15, 0.2) is 5.84 Å². The van der Waals surface area contributed by atoms with Crippen molar-refractivity contribution < 1.29 is 9.94 Å². The van der Waals surface area contributed by atoms with E-state index < -0.39 is 0 Å². The molecule has 2 heterocycles. The van der Waals surface area contributed by atoms with Gasteiger partial charge in [-0.2, -0.15) is 0 Å². The lowest BCUT2D eigenvalue weighted by Crippen LogP contribution is -2.17. The summed E-state index contributed by atoms with van der Waals surface area (Å²) in [6.07, 6.45) is 3.23. The lowest BCUT2D eigenvalue weighted by molar-refractivity contribution is 0.318. The lowest BCUT2D eigenvalue weighted by atomic mass is 10.1. The molecule has 0 atom stereocenters. The first kappa shape index (κ1) is 14.3. The standard InChI is InChI=1S/C13H13BrN4O2/c1-7-3-11(12(8(2)17-7)13(15)18-19)20-10-4-9(14)5-16-6-10/h3-6,19H,1-2H3,(H2,15,18). The summed E-state index contributed by atoms with van der Waals surface area (Å²) < 4.78 is 6.56. The molecule has 0 aliphatic rings. The van der Waals surface area contributed by atoms with Gasteiger partial charge in [-0.25, -0.2) is 0 Å². The second-order valence-corrected chi connectivity index (χ2v) is 5.06. The van der Waals surface area contributed by atoms with Gasteiger partial charge in [0, 0.05) is 22.4 Å². The summed E-state index contributed by atoms with van der Waals surface area (Å²) in [5.74, 6) is 0.953. The zero-order valence-electron chi connectivity index (χ0n) is 11.0. The Morgan fingerprint density at radius 3 is 2.75 bits per heavy atom. The smallest absolute Gasteiger partial charge is 0.175 e. The largest absolute Gasteiger partial charge is 0.455 e. The zero-order valence-corrected chi connectivity index (χ0v) is 12.5. The maximum Gasteiger partial charge on any atom is 0.175 e. The highest BCUT2D eigenvalue weighted by Gasteiger charge is 2.15. The van der Waals surface area contributed by atoms with Gasteiger partial charge in [-0.1, -0.05) is 5.16 Å².